The van der Waals surface area contributed by atoms with Crippen molar-refractivity contribution in [2.24, 2.45) is 0 Å². The number of amides is 2. The zero-order valence-corrected chi connectivity index (χ0v) is 20.0. The second kappa shape index (κ2) is 10.3. The number of nitrogens with zero attached hydrogens (tertiary/aromatic N) is 2. The molecule has 31 heavy (non-hydrogen) atoms. The van der Waals surface area contributed by atoms with Crippen molar-refractivity contribution in [1.29, 1.82) is 0 Å². The lowest BCUT2D eigenvalue weighted by atomic mass is 10.2. The van der Waals surface area contributed by atoms with E-state index >= 15 is 0 Å². The maximum atomic E-state index is 12.7. The normalized spacial score (nSPS) is 11.6. The summed E-state index contributed by atoms with van der Waals surface area (Å²) in [5.74, 6) is 6.32. The van der Waals surface area contributed by atoms with E-state index in [1.807, 2.05) is 30.3 Å². The van der Waals surface area contributed by atoms with Crippen LogP contribution < -0.4 is 10.1 Å². The standard InChI is InChI=1S/C23H26BrN3O4/c1-15(27(5)22(29)31-23(2,3)4)21(28)26-19-14-17(24)20(30-6)18(25-19)13-12-16-10-8-7-9-11-16/h7-11,14-15H,1-6H3,(H,25,26,28). The number of carbonyl (C=O) groups is 2. The number of methoxy groups -OCH3 is 1. The molecule has 1 N–H and O–H groups in total. The molecule has 0 fully saturated rings. The molecule has 1 unspecified atom stereocenters. The summed E-state index contributed by atoms with van der Waals surface area (Å²) in [6.07, 6.45) is -0.589. The van der Waals surface area contributed by atoms with Gasteiger partial charge in [0.25, 0.3) is 0 Å². The molecule has 0 bridgehead atoms. The molecule has 8 heteroatoms. The lowest BCUT2D eigenvalue weighted by Gasteiger charge is -2.28. The van der Waals surface area contributed by atoms with Gasteiger partial charge in [-0.1, -0.05) is 24.1 Å². The quantitative estimate of drug-likeness (QED) is 0.644. The number of aromatic nitrogens is 1. The van der Waals surface area contributed by atoms with Crippen molar-refractivity contribution in [2.75, 3.05) is 19.5 Å². The SMILES string of the molecule is COc1c(Br)cc(NC(=O)C(C)N(C)C(=O)OC(C)(C)C)nc1C#Cc1ccccc1. The van der Waals surface area contributed by atoms with Crippen LogP contribution in [0.15, 0.2) is 40.9 Å². The molecule has 0 saturated carbocycles. The van der Waals surface area contributed by atoms with Gasteiger partial charge >= 0.3 is 6.09 Å². The van der Waals surface area contributed by atoms with Crippen LogP contribution in [0.5, 0.6) is 5.75 Å². The van der Waals surface area contributed by atoms with E-state index in [0.29, 0.717) is 15.9 Å². The summed E-state index contributed by atoms with van der Waals surface area (Å²) in [6, 6.07) is 10.3. The topological polar surface area (TPSA) is 80.8 Å². The molecule has 0 spiro atoms. The Labute approximate surface area is 191 Å². The first-order valence-electron chi connectivity index (χ1n) is 9.60. The molecular formula is C23H26BrN3O4. The smallest absolute Gasteiger partial charge is 0.410 e. The fraction of sp³-hybridized carbons (Fsp3) is 0.348. The van der Waals surface area contributed by atoms with Crippen LogP contribution in [0, 0.1) is 11.8 Å². The Kier molecular flexibility index (Phi) is 8.06. The first kappa shape index (κ1) is 24.2. The van der Waals surface area contributed by atoms with Crippen LogP contribution in [0.1, 0.15) is 39.0 Å². The molecular weight excluding hydrogens is 462 g/mol. The Morgan fingerprint density at radius 1 is 1.19 bits per heavy atom. The Morgan fingerprint density at radius 2 is 1.84 bits per heavy atom. The highest BCUT2D eigenvalue weighted by molar-refractivity contribution is 9.10. The van der Waals surface area contributed by atoms with Crippen LogP contribution in [0.3, 0.4) is 0 Å². The number of hydrogen-bond donors (Lipinski definition) is 1. The number of nitrogens with one attached hydrogen (secondary N) is 1. The van der Waals surface area contributed by atoms with Crippen LogP contribution in [-0.4, -0.2) is 47.7 Å². The minimum absolute atomic E-state index is 0.277. The molecule has 7 nitrogen and oxygen atoms in total. The highest BCUT2D eigenvalue weighted by atomic mass is 79.9. The molecule has 1 aromatic heterocycles. The number of ether oxygens (including phenoxy) is 2. The van der Waals surface area contributed by atoms with Gasteiger partial charge in [0.05, 0.1) is 11.6 Å². The fourth-order valence-corrected chi connectivity index (χ4v) is 2.96. The first-order valence-corrected chi connectivity index (χ1v) is 10.4. The van der Waals surface area contributed by atoms with Crippen molar-refractivity contribution in [3.63, 3.8) is 0 Å². The van der Waals surface area contributed by atoms with Gasteiger partial charge in [0, 0.05) is 12.6 Å². The van der Waals surface area contributed by atoms with Crippen molar-refractivity contribution in [2.45, 2.75) is 39.3 Å². The van der Waals surface area contributed by atoms with Gasteiger partial charge in [-0.15, -0.1) is 0 Å². The summed E-state index contributed by atoms with van der Waals surface area (Å²) < 4.78 is 11.3. The third-order valence-electron chi connectivity index (χ3n) is 4.12. The van der Waals surface area contributed by atoms with E-state index in [1.54, 1.807) is 33.8 Å². The molecule has 0 saturated heterocycles. The fourth-order valence-electron chi connectivity index (χ4n) is 2.40. The lowest BCUT2D eigenvalue weighted by Crippen LogP contribution is -2.45. The number of halogens is 1. The highest BCUT2D eigenvalue weighted by Crippen LogP contribution is 2.30. The summed E-state index contributed by atoms with van der Waals surface area (Å²) in [5.41, 5.74) is 0.532. The van der Waals surface area contributed by atoms with E-state index in [4.69, 9.17) is 9.47 Å². The highest BCUT2D eigenvalue weighted by Gasteiger charge is 2.27. The maximum Gasteiger partial charge on any atom is 0.410 e. The third-order valence-corrected chi connectivity index (χ3v) is 4.71. The van der Waals surface area contributed by atoms with Crippen molar-refractivity contribution >= 4 is 33.7 Å². The average molecular weight is 488 g/mol. The minimum atomic E-state index is -0.781. The van der Waals surface area contributed by atoms with Gasteiger partial charge in [-0.25, -0.2) is 9.78 Å². The van der Waals surface area contributed by atoms with Gasteiger partial charge in [0.1, 0.15) is 17.5 Å². The van der Waals surface area contributed by atoms with Crippen LogP contribution in [0.4, 0.5) is 10.6 Å². The maximum absolute atomic E-state index is 12.7. The third kappa shape index (κ3) is 7.00. The molecule has 0 radical (unpaired) electrons. The van der Waals surface area contributed by atoms with Crippen LogP contribution in [-0.2, 0) is 9.53 Å². The van der Waals surface area contributed by atoms with Crippen LogP contribution >= 0.6 is 15.9 Å². The number of likely N-dealkylation sites (N-methyl/N-ethyl adjacent to an activating group) is 1. The second-order valence-corrected chi connectivity index (χ2v) is 8.60. The van der Waals surface area contributed by atoms with Gasteiger partial charge in [0.15, 0.2) is 11.4 Å². The van der Waals surface area contributed by atoms with Gasteiger partial charge in [-0.05, 0) is 67.7 Å². The number of benzene rings is 1. The molecule has 1 atom stereocenters. The van der Waals surface area contributed by atoms with Gasteiger partial charge in [-0.2, -0.15) is 0 Å². The van der Waals surface area contributed by atoms with E-state index < -0.39 is 23.6 Å². The Balaban J connectivity index is 2.23. The molecule has 1 heterocycles. The number of rotatable bonds is 4. The van der Waals surface area contributed by atoms with Crippen molar-refractivity contribution in [3.05, 3.63) is 52.1 Å². The predicted molar refractivity (Wildman–Crippen MR) is 123 cm³/mol. The second-order valence-electron chi connectivity index (χ2n) is 7.74. The summed E-state index contributed by atoms with van der Waals surface area (Å²) in [4.78, 5) is 30.6. The van der Waals surface area contributed by atoms with Crippen molar-refractivity contribution < 1.29 is 19.1 Å². The van der Waals surface area contributed by atoms with Gasteiger partial charge in [-0.3, -0.25) is 9.69 Å². The molecule has 1 aromatic carbocycles. The summed E-state index contributed by atoms with van der Waals surface area (Å²) in [7, 11) is 3.03. The predicted octanol–water partition coefficient (Wildman–Crippen LogP) is 4.45. The first-order chi connectivity index (χ1) is 14.5. The number of hydrogen-bond acceptors (Lipinski definition) is 5. The van der Waals surface area contributed by atoms with Crippen molar-refractivity contribution in [3.8, 4) is 17.6 Å². The zero-order chi connectivity index (χ0) is 23.2. The monoisotopic (exact) mass is 487 g/mol. The average Bonchev–Trinajstić information content (AvgIpc) is 2.70. The molecule has 0 aliphatic rings. The molecule has 164 valence electrons. The molecule has 0 aliphatic heterocycles. The van der Waals surface area contributed by atoms with E-state index in [0.717, 1.165) is 5.56 Å². The molecule has 2 amide bonds. The van der Waals surface area contributed by atoms with E-state index in [2.05, 4.69) is 38.1 Å². The van der Waals surface area contributed by atoms with Crippen LogP contribution in [0.25, 0.3) is 0 Å². The van der Waals surface area contributed by atoms with E-state index in [9.17, 15) is 9.59 Å². The Morgan fingerprint density at radius 3 is 2.42 bits per heavy atom. The molecule has 2 aromatic rings. The van der Waals surface area contributed by atoms with Gasteiger partial charge < -0.3 is 14.8 Å². The summed E-state index contributed by atoms with van der Waals surface area (Å²) >= 11 is 3.43. The van der Waals surface area contributed by atoms with Crippen molar-refractivity contribution in [1.82, 2.24) is 9.88 Å². The summed E-state index contributed by atoms with van der Waals surface area (Å²) in [6.45, 7) is 6.90. The van der Waals surface area contributed by atoms with Gasteiger partial charge in [0.2, 0.25) is 5.91 Å². The van der Waals surface area contributed by atoms with E-state index in [-0.39, 0.29) is 5.82 Å². The van der Waals surface area contributed by atoms with Crippen LogP contribution in [0.2, 0.25) is 0 Å². The lowest BCUT2D eigenvalue weighted by molar-refractivity contribution is -0.120. The number of anilines is 1. The largest absolute Gasteiger partial charge is 0.493 e. The number of pyridine rings is 1. The Bertz CT molecular complexity index is 1010. The summed E-state index contributed by atoms with van der Waals surface area (Å²) in [5, 5.41) is 2.72. The molecule has 0 aliphatic carbocycles. The Hall–Kier alpha value is -3.05. The zero-order valence-electron chi connectivity index (χ0n) is 18.4. The van der Waals surface area contributed by atoms with E-state index in [1.165, 1.54) is 19.1 Å². The minimum Gasteiger partial charge on any atom is -0.493 e. The number of carbonyl (C=O) groups excluding carboxylic acids is 2. The molecule has 2 rings (SSSR count).